The number of para-hydroxylation sites is 1. The Morgan fingerprint density at radius 1 is 1.25 bits per heavy atom. The van der Waals surface area contributed by atoms with Crippen LogP contribution in [0.1, 0.15) is 17.0 Å². The number of nitrogens with two attached hydrogens (primary N) is 1. The number of aromatic nitrogens is 4. The molecule has 3 heterocycles. The molecule has 4 rings (SSSR count). The summed E-state index contributed by atoms with van der Waals surface area (Å²) >= 11 is 0. The number of aliphatic hydroxyl groups is 1. The summed E-state index contributed by atoms with van der Waals surface area (Å²) in [6.45, 7) is 4.20. The van der Waals surface area contributed by atoms with E-state index in [9.17, 15) is 10.4 Å². The van der Waals surface area contributed by atoms with Gasteiger partial charge in [-0.1, -0.05) is 18.2 Å². The minimum absolute atomic E-state index is 0.00835. The molecule has 4 aromatic rings. The highest BCUT2D eigenvalue weighted by Gasteiger charge is 2.21. The maximum atomic E-state index is 9.70. The normalized spacial score (nSPS) is 11.1. The molecular weight excluding hydrogens is 352 g/mol. The number of nitriles is 1. The fraction of sp³-hybridized carbons (Fsp3) is 0.190. The number of benzene rings is 1. The van der Waals surface area contributed by atoms with E-state index in [4.69, 9.17) is 5.73 Å². The molecule has 0 aliphatic carbocycles. The van der Waals surface area contributed by atoms with E-state index < -0.39 is 0 Å². The van der Waals surface area contributed by atoms with Gasteiger partial charge < -0.3 is 15.8 Å². The third-order valence-corrected chi connectivity index (χ3v) is 4.99. The quantitative estimate of drug-likeness (QED) is 0.509. The van der Waals surface area contributed by atoms with Crippen molar-refractivity contribution in [2.24, 2.45) is 0 Å². The van der Waals surface area contributed by atoms with Gasteiger partial charge in [-0.25, -0.2) is 4.98 Å². The number of nitrogens with one attached hydrogen (secondary N) is 1. The second kappa shape index (κ2) is 6.83. The Kier molecular flexibility index (Phi) is 4.34. The molecule has 0 saturated heterocycles. The fourth-order valence-corrected chi connectivity index (χ4v) is 3.70. The van der Waals surface area contributed by atoms with Crippen molar-refractivity contribution in [3.63, 3.8) is 0 Å². The molecule has 0 radical (unpaired) electrons. The van der Waals surface area contributed by atoms with E-state index in [0.29, 0.717) is 23.4 Å². The topological polar surface area (TPSA) is 117 Å². The van der Waals surface area contributed by atoms with E-state index in [2.05, 4.69) is 21.1 Å². The summed E-state index contributed by atoms with van der Waals surface area (Å²) in [6, 6.07) is 12.0. The van der Waals surface area contributed by atoms with Crippen LogP contribution in [0.3, 0.4) is 0 Å². The summed E-state index contributed by atoms with van der Waals surface area (Å²) in [6.07, 6.45) is 1.90. The molecule has 4 N–H and O–H groups in total. The number of H-pyrrole nitrogens is 1. The number of hydrogen-bond donors (Lipinski definition) is 3. The Hall–Kier alpha value is -3.63. The molecule has 0 saturated carbocycles. The van der Waals surface area contributed by atoms with E-state index >= 15 is 0 Å². The van der Waals surface area contributed by atoms with Crippen molar-refractivity contribution in [3.05, 3.63) is 53.5 Å². The van der Waals surface area contributed by atoms with E-state index in [1.165, 1.54) is 0 Å². The van der Waals surface area contributed by atoms with Gasteiger partial charge in [-0.05, 0) is 26.0 Å². The van der Waals surface area contributed by atoms with Crippen LogP contribution in [0, 0.1) is 25.2 Å². The van der Waals surface area contributed by atoms with Crippen molar-refractivity contribution in [2.75, 3.05) is 12.3 Å². The van der Waals surface area contributed by atoms with Crippen LogP contribution in [0.5, 0.6) is 0 Å². The number of nitrogens with zero attached hydrogens (tertiary/aromatic N) is 4. The lowest BCUT2D eigenvalue weighted by Gasteiger charge is -2.11. The largest absolute Gasteiger partial charge is 0.394 e. The first-order chi connectivity index (χ1) is 13.5. The van der Waals surface area contributed by atoms with Crippen molar-refractivity contribution < 1.29 is 5.11 Å². The van der Waals surface area contributed by atoms with Gasteiger partial charge in [-0.2, -0.15) is 10.4 Å². The smallest absolute Gasteiger partial charge is 0.142 e. The monoisotopic (exact) mass is 372 g/mol. The second-order valence-corrected chi connectivity index (χ2v) is 6.67. The highest BCUT2D eigenvalue weighted by atomic mass is 16.3. The maximum absolute atomic E-state index is 9.70. The molecule has 0 unspecified atom stereocenters. The van der Waals surface area contributed by atoms with E-state index in [1.54, 1.807) is 4.68 Å². The first kappa shape index (κ1) is 17.8. The van der Waals surface area contributed by atoms with Crippen LogP contribution in [0.15, 0.2) is 36.5 Å². The van der Waals surface area contributed by atoms with Crippen LogP contribution in [0.25, 0.3) is 33.3 Å². The van der Waals surface area contributed by atoms with Crippen LogP contribution in [-0.4, -0.2) is 31.5 Å². The van der Waals surface area contributed by atoms with Crippen LogP contribution >= 0.6 is 0 Å². The van der Waals surface area contributed by atoms with E-state index in [1.807, 2.05) is 50.4 Å². The summed E-state index contributed by atoms with van der Waals surface area (Å²) in [5, 5.41) is 24.5. The predicted octanol–water partition coefficient (Wildman–Crippen LogP) is 3.16. The number of aryl methyl sites for hydroxylation is 1. The molecule has 1 aromatic carbocycles. The zero-order valence-electron chi connectivity index (χ0n) is 15.7. The molecule has 0 aliphatic rings. The van der Waals surface area contributed by atoms with Crippen LogP contribution in [-0.2, 0) is 6.54 Å². The Labute approximate surface area is 162 Å². The number of nitrogen functional groups attached to an aromatic ring is 1. The number of anilines is 1. The fourth-order valence-electron chi connectivity index (χ4n) is 3.70. The molecular formula is C21H20N6O. The second-order valence-electron chi connectivity index (χ2n) is 6.67. The summed E-state index contributed by atoms with van der Waals surface area (Å²) < 4.78 is 1.74. The number of hydrogen-bond acceptors (Lipinski definition) is 5. The molecule has 7 nitrogen and oxygen atoms in total. The molecule has 3 aromatic heterocycles. The molecule has 0 amide bonds. The first-order valence-corrected chi connectivity index (χ1v) is 8.97. The van der Waals surface area contributed by atoms with Crippen molar-refractivity contribution >= 4 is 16.7 Å². The summed E-state index contributed by atoms with van der Waals surface area (Å²) in [7, 11) is 0. The van der Waals surface area contributed by atoms with Crippen LogP contribution < -0.4 is 5.73 Å². The number of aliphatic hydroxyl groups excluding tert-OH is 1. The molecule has 0 atom stereocenters. The van der Waals surface area contributed by atoms with Gasteiger partial charge in [0, 0.05) is 39.5 Å². The van der Waals surface area contributed by atoms with Gasteiger partial charge in [0.2, 0.25) is 0 Å². The van der Waals surface area contributed by atoms with Gasteiger partial charge in [-0.15, -0.1) is 0 Å². The Morgan fingerprint density at radius 2 is 2.04 bits per heavy atom. The first-order valence-electron chi connectivity index (χ1n) is 8.97. The average Bonchev–Trinajstić information content (AvgIpc) is 3.22. The van der Waals surface area contributed by atoms with Gasteiger partial charge in [0.15, 0.2) is 0 Å². The lowest BCUT2D eigenvalue weighted by Crippen LogP contribution is -2.06. The Balaban J connectivity index is 1.98. The van der Waals surface area contributed by atoms with Gasteiger partial charge in [0.25, 0.3) is 0 Å². The van der Waals surface area contributed by atoms with Crippen molar-refractivity contribution in [1.82, 2.24) is 19.7 Å². The highest BCUT2D eigenvalue weighted by Crippen LogP contribution is 2.36. The lowest BCUT2D eigenvalue weighted by molar-refractivity contribution is 0.268. The van der Waals surface area contributed by atoms with Crippen LogP contribution in [0.2, 0.25) is 0 Å². The van der Waals surface area contributed by atoms with E-state index in [0.717, 1.165) is 33.4 Å². The van der Waals surface area contributed by atoms with E-state index in [-0.39, 0.29) is 12.4 Å². The Bertz CT molecular complexity index is 1230. The standard InChI is InChI=1S/C21H20N6O/c1-12-20(13(2)27(26-12)7-8-28)15-9-19(25-21(23)16(15)10-22)17-11-24-18-6-4-3-5-14(17)18/h3-6,9,11,24,28H,7-8H2,1-2H3,(H2,23,25). The third-order valence-electron chi connectivity index (χ3n) is 4.99. The minimum atomic E-state index is -0.00835. The van der Waals surface area contributed by atoms with Gasteiger partial charge >= 0.3 is 0 Å². The minimum Gasteiger partial charge on any atom is -0.394 e. The number of rotatable bonds is 4. The summed E-state index contributed by atoms with van der Waals surface area (Å²) in [4.78, 5) is 7.74. The Morgan fingerprint density at radius 3 is 2.79 bits per heavy atom. The average molecular weight is 372 g/mol. The molecule has 0 aliphatic heterocycles. The molecule has 0 spiro atoms. The van der Waals surface area contributed by atoms with Gasteiger partial charge in [0.05, 0.1) is 24.5 Å². The molecule has 7 heteroatoms. The SMILES string of the molecule is Cc1nn(CCO)c(C)c1-c1cc(-c2c[nH]c3ccccc23)nc(N)c1C#N. The summed E-state index contributed by atoms with van der Waals surface area (Å²) in [5.74, 6) is 0.189. The molecule has 28 heavy (non-hydrogen) atoms. The predicted molar refractivity (Wildman–Crippen MR) is 108 cm³/mol. The molecule has 0 fully saturated rings. The van der Waals surface area contributed by atoms with Gasteiger partial charge in [0.1, 0.15) is 17.5 Å². The molecule has 0 bridgehead atoms. The zero-order chi connectivity index (χ0) is 19.8. The third kappa shape index (κ3) is 2.71. The van der Waals surface area contributed by atoms with Gasteiger partial charge in [-0.3, -0.25) is 4.68 Å². The van der Waals surface area contributed by atoms with Crippen molar-refractivity contribution in [2.45, 2.75) is 20.4 Å². The molecule has 140 valence electrons. The van der Waals surface area contributed by atoms with Crippen molar-refractivity contribution in [3.8, 4) is 28.5 Å². The summed E-state index contributed by atoms with van der Waals surface area (Å²) in [5.41, 5.74) is 12.3. The van der Waals surface area contributed by atoms with Crippen LogP contribution in [0.4, 0.5) is 5.82 Å². The lowest BCUT2D eigenvalue weighted by atomic mass is 9.97. The number of fused-ring (bicyclic) bond motifs is 1. The number of pyridine rings is 1. The zero-order valence-corrected chi connectivity index (χ0v) is 15.7. The van der Waals surface area contributed by atoms with Crippen molar-refractivity contribution in [1.29, 1.82) is 5.26 Å². The highest BCUT2D eigenvalue weighted by molar-refractivity contribution is 5.96. The number of aromatic amines is 1. The maximum Gasteiger partial charge on any atom is 0.142 e.